The van der Waals surface area contributed by atoms with E-state index in [1.807, 2.05) is 36.1 Å². The van der Waals surface area contributed by atoms with Crippen molar-refractivity contribution in [1.82, 2.24) is 14.9 Å². The molecule has 0 amide bonds. The van der Waals surface area contributed by atoms with Crippen LogP contribution in [-0.2, 0) is 6.18 Å². The third-order valence-electron chi connectivity index (χ3n) is 6.47. The predicted octanol–water partition coefficient (Wildman–Crippen LogP) is 6.39. The van der Waals surface area contributed by atoms with E-state index >= 15 is 0 Å². The second-order valence-corrected chi connectivity index (χ2v) is 9.08. The maximum Gasteiger partial charge on any atom is 0.418 e. The van der Waals surface area contributed by atoms with Gasteiger partial charge in [0.1, 0.15) is 5.75 Å². The molecule has 5 nitrogen and oxygen atoms in total. The Labute approximate surface area is 211 Å². The van der Waals surface area contributed by atoms with Crippen molar-refractivity contribution in [3.63, 3.8) is 0 Å². The summed E-state index contributed by atoms with van der Waals surface area (Å²) in [5.41, 5.74) is 3.04. The zero-order chi connectivity index (χ0) is 25.6. The molecule has 184 valence electrons. The molecule has 2 aromatic heterocycles. The van der Waals surface area contributed by atoms with Gasteiger partial charge in [-0.2, -0.15) is 13.2 Å². The summed E-state index contributed by atoms with van der Waals surface area (Å²) in [4.78, 5) is 6.46. The van der Waals surface area contributed by atoms with Crippen LogP contribution >= 0.6 is 12.2 Å². The standard InChI is InChI=1S/C27H23F3N4OS/c1-16-15-20(17(2)33(16)23-9-4-3-7-21(23)27(28,29)30)25-24(22-8-5-6-14-31-22)32-26(36)34(25)18-10-12-19(35)13-11-18/h3-15,24-25,35H,1-2H3,(H,32,36)/t24-,25+/m1/s1. The van der Waals surface area contributed by atoms with Crippen LogP contribution < -0.4 is 10.2 Å². The minimum atomic E-state index is -4.50. The second-order valence-electron chi connectivity index (χ2n) is 8.69. The summed E-state index contributed by atoms with van der Waals surface area (Å²) in [5.74, 6) is 0.122. The number of hydrogen-bond donors (Lipinski definition) is 2. The number of benzene rings is 2. The number of nitrogens with one attached hydrogen (secondary N) is 1. The average molecular weight is 509 g/mol. The van der Waals surface area contributed by atoms with Crippen LogP contribution in [0.4, 0.5) is 18.9 Å². The molecule has 5 rings (SSSR count). The van der Waals surface area contributed by atoms with Crippen LogP contribution in [0.1, 0.15) is 40.3 Å². The summed E-state index contributed by atoms with van der Waals surface area (Å²) in [6, 6.07) is 19.0. The third-order valence-corrected chi connectivity index (χ3v) is 6.78. The highest BCUT2D eigenvalue weighted by molar-refractivity contribution is 7.80. The van der Waals surface area contributed by atoms with Gasteiger partial charge in [-0.3, -0.25) is 4.98 Å². The van der Waals surface area contributed by atoms with Gasteiger partial charge in [0.2, 0.25) is 0 Å². The molecule has 0 radical (unpaired) electrons. The molecule has 2 atom stereocenters. The van der Waals surface area contributed by atoms with Crippen LogP contribution in [0.15, 0.2) is 79.0 Å². The SMILES string of the molecule is Cc1cc([C@H]2[C@@H](c3ccccn3)NC(=S)N2c2ccc(O)cc2)c(C)n1-c1ccccc1C(F)(F)F. The van der Waals surface area contributed by atoms with E-state index in [0.717, 1.165) is 23.0 Å². The van der Waals surface area contributed by atoms with E-state index in [1.165, 1.54) is 12.1 Å². The minimum absolute atomic E-state index is 0.0744. The fourth-order valence-corrected chi connectivity index (χ4v) is 5.27. The van der Waals surface area contributed by atoms with Crippen LogP contribution in [-0.4, -0.2) is 19.8 Å². The summed E-state index contributed by atoms with van der Waals surface area (Å²) in [5, 5.41) is 13.6. The van der Waals surface area contributed by atoms with Crippen LogP contribution in [0.5, 0.6) is 5.75 Å². The Kier molecular flexibility index (Phi) is 5.96. The van der Waals surface area contributed by atoms with Crippen molar-refractivity contribution in [2.45, 2.75) is 32.1 Å². The van der Waals surface area contributed by atoms with E-state index in [-0.39, 0.29) is 17.5 Å². The fourth-order valence-electron chi connectivity index (χ4n) is 4.93. The largest absolute Gasteiger partial charge is 0.508 e. The van der Waals surface area contributed by atoms with Gasteiger partial charge in [0.15, 0.2) is 5.11 Å². The van der Waals surface area contributed by atoms with E-state index in [2.05, 4.69) is 10.3 Å². The molecular formula is C27H23F3N4OS. The van der Waals surface area contributed by atoms with Gasteiger partial charge < -0.3 is 19.9 Å². The lowest BCUT2D eigenvalue weighted by Crippen LogP contribution is -2.29. The van der Waals surface area contributed by atoms with Crippen molar-refractivity contribution in [2.24, 2.45) is 0 Å². The topological polar surface area (TPSA) is 53.3 Å². The highest BCUT2D eigenvalue weighted by Crippen LogP contribution is 2.44. The molecular weight excluding hydrogens is 485 g/mol. The molecule has 0 spiro atoms. The molecule has 4 aromatic rings. The van der Waals surface area contributed by atoms with Crippen molar-refractivity contribution in [1.29, 1.82) is 0 Å². The monoisotopic (exact) mass is 508 g/mol. The van der Waals surface area contributed by atoms with Gasteiger partial charge in [0.25, 0.3) is 0 Å². The number of hydrogen-bond acceptors (Lipinski definition) is 3. The molecule has 0 unspecified atom stereocenters. The second kappa shape index (κ2) is 8.98. The number of halogens is 3. The van der Waals surface area contributed by atoms with E-state index in [1.54, 1.807) is 48.0 Å². The Hall–Kier alpha value is -3.85. The smallest absolute Gasteiger partial charge is 0.418 e. The van der Waals surface area contributed by atoms with Gasteiger partial charge in [0, 0.05) is 23.3 Å². The Morgan fingerprint density at radius 1 is 0.972 bits per heavy atom. The lowest BCUT2D eigenvalue weighted by molar-refractivity contribution is -0.137. The maximum absolute atomic E-state index is 13.9. The number of phenols is 1. The molecule has 9 heteroatoms. The van der Waals surface area contributed by atoms with Crippen molar-refractivity contribution < 1.29 is 18.3 Å². The van der Waals surface area contributed by atoms with Gasteiger partial charge in [-0.1, -0.05) is 18.2 Å². The van der Waals surface area contributed by atoms with Crippen LogP contribution in [0.3, 0.4) is 0 Å². The number of aromatic hydroxyl groups is 1. The molecule has 3 heterocycles. The summed E-state index contributed by atoms with van der Waals surface area (Å²) in [7, 11) is 0. The number of pyridine rings is 1. The van der Waals surface area contributed by atoms with Crippen LogP contribution in [0.25, 0.3) is 5.69 Å². The highest BCUT2D eigenvalue weighted by atomic mass is 32.1. The van der Waals surface area contributed by atoms with Crippen molar-refractivity contribution in [3.8, 4) is 11.4 Å². The molecule has 1 aliphatic rings. The third kappa shape index (κ3) is 4.09. The first-order valence-electron chi connectivity index (χ1n) is 11.3. The maximum atomic E-state index is 13.9. The molecule has 0 saturated carbocycles. The first-order valence-corrected chi connectivity index (χ1v) is 11.7. The lowest BCUT2D eigenvalue weighted by Gasteiger charge is -2.28. The molecule has 1 aliphatic heterocycles. The van der Waals surface area contributed by atoms with Crippen molar-refractivity contribution in [3.05, 3.63) is 107 Å². The predicted molar refractivity (Wildman–Crippen MR) is 136 cm³/mol. The molecule has 0 aliphatic carbocycles. The van der Waals surface area contributed by atoms with Crippen molar-refractivity contribution >= 4 is 23.0 Å². The van der Waals surface area contributed by atoms with Gasteiger partial charge in [-0.15, -0.1) is 0 Å². The Bertz CT molecular complexity index is 1420. The van der Waals surface area contributed by atoms with Crippen molar-refractivity contribution in [2.75, 3.05) is 4.90 Å². The highest BCUT2D eigenvalue weighted by Gasteiger charge is 2.43. The molecule has 1 fully saturated rings. The molecule has 36 heavy (non-hydrogen) atoms. The number of phenolic OH excluding ortho intramolecular Hbond substituents is 1. The number of alkyl halides is 3. The summed E-state index contributed by atoms with van der Waals surface area (Å²) in [6.45, 7) is 3.62. The molecule has 0 bridgehead atoms. The van der Waals surface area contributed by atoms with E-state index < -0.39 is 17.8 Å². The first kappa shape index (κ1) is 23.9. The zero-order valence-corrected chi connectivity index (χ0v) is 20.3. The fraction of sp³-hybridized carbons (Fsp3) is 0.185. The lowest BCUT2D eigenvalue weighted by atomic mass is 9.96. The van der Waals surface area contributed by atoms with E-state index in [0.29, 0.717) is 16.5 Å². The number of thiocarbonyl (C=S) groups is 1. The normalized spacial score (nSPS) is 17.9. The zero-order valence-electron chi connectivity index (χ0n) is 19.5. The Morgan fingerprint density at radius 3 is 2.33 bits per heavy atom. The van der Waals surface area contributed by atoms with Gasteiger partial charge in [0.05, 0.1) is 29.0 Å². The minimum Gasteiger partial charge on any atom is -0.508 e. The Morgan fingerprint density at radius 2 is 1.67 bits per heavy atom. The number of aryl methyl sites for hydroxylation is 1. The van der Waals surface area contributed by atoms with Gasteiger partial charge in [-0.05, 0) is 86.2 Å². The van der Waals surface area contributed by atoms with Crippen LogP contribution in [0, 0.1) is 13.8 Å². The number of nitrogens with zero attached hydrogens (tertiary/aromatic N) is 3. The number of para-hydroxylation sites is 1. The molecule has 1 saturated heterocycles. The number of aromatic nitrogens is 2. The summed E-state index contributed by atoms with van der Waals surface area (Å²) >= 11 is 5.72. The first-order chi connectivity index (χ1) is 17.2. The molecule has 2 aromatic carbocycles. The summed E-state index contributed by atoms with van der Waals surface area (Å²) in [6.07, 6.45) is -2.80. The summed E-state index contributed by atoms with van der Waals surface area (Å²) < 4.78 is 43.3. The number of anilines is 1. The van der Waals surface area contributed by atoms with Gasteiger partial charge in [-0.25, -0.2) is 0 Å². The van der Waals surface area contributed by atoms with E-state index in [9.17, 15) is 18.3 Å². The quantitative estimate of drug-likeness (QED) is 0.313. The molecule has 2 N–H and O–H groups in total. The van der Waals surface area contributed by atoms with Crippen LogP contribution in [0.2, 0.25) is 0 Å². The van der Waals surface area contributed by atoms with Gasteiger partial charge >= 0.3 is 6.18 Å². The Balaban J connectivity index is 1.70. The number of rotatable bonds is 4. The van der Waals surface area contributed by atoms with E-state index in [4.69, 9.17) is 12.2 Å². The average Bonchev–Trinajstić information content (AvgIpc) is 3.34.